The van der Waals surface area contributed by atoms with Gasteiger partial charge in [0.2, 0.25) is 5.78 Å². The Hall–Kier alpha value is -2.29. The fourth-order valence-corrected chi connectivity index (χ4v) is 2.49. The molecule has 1 aromatic carbocycles. The van der Waals surface area contributed by atoms with Gasteiger partial charge in [-0.25, -0.2) is 0 Å². The Kier molecular flexibility index (Phi) is 2.95. The predicted octanol–water partition coefficient (Wildman–Crippen LogP) is 2.37. The summed E-state index contributed by atoms with van der Waals surface area (Å²) in [5.41, 5.74) is 3.04. The lowest BCUT2D eigenvalue weighted by atomic mass is 9.86. The number of rotatable bonds is 2. The van der Waals surface area contributed by atoms with Crippen molar-refractivity contribution < 1.29 is 9.59 Å². The van der Waals surface area contributed by atoms with Crippen LogP contribution in [0.1, 0.15) is 33.6 Å². The molecule has 3 rings (SSSR count). The van der Waals surface area contributed by atoms with Crippen LogP contribution in [0.2, 0.25) is 0 Å². The molecule has 0 bridgehead atoms. The summed E-state index contributed by atoms with van der Waals surface area (Å²) >= 11 is 0. The van der Waals surface area contributed by atoms with E-state index < -0.39 is 0 Å². The minimum atomic E-state index is -0.104. The van der Waals surface area contributed by atoms with Gasteiger partial charge in [-0.1, -0.05) is 24.3 Å². The molecule has 0 saturated carbocycles. The molecule has 0 N–H and O–H groups in total. The third-order valence-corrected chi connectivity index (χ3v) is 3.46. The van der Waals surface area contributed by atoms with E-state index in [0.717, 1.165) is 17.5 Å². The highest BCUT2D eigenvalue weighted by atomic mass is 16.1. The second-order valence-corrected chi connectivity index (χ2v) is 4.70. The van der Waals surface area contributed by atoms with Gasteiger partial charge >= 0.3 is 0 Å². The van der Waals surface area contributed by atoms with Gasteiger partial charge in [-0.05, 0) is 29.7 Å². The number of carbonyl (C=O) groups is 2. The first kappa shape index (κ1) is 11.8. The summed E-state index contributed by atoms with van der Waals surface area (Å²) in [6.45, 7) is 0. The lowest BCUT2D eigenvalue weighted by Gasteiger charge is -2.17. The summed E-state index contributed by atoms with van der Waals surface area (Å²) in [6.07, 6.45) is 3.28. The van der Waals surface area contributed by atoms with Gasteiger partial charge in [-0.15, -0.1) is 0 Å². The molecular weight excluding hydrogens is 238 g/mol. The van der Waals surface area contributed by atoms with Gasteiger partial charge in [0, 0.05) is 24.6 Å². The molecule has 1 aliphatic carbocycles. The smallest absolute Gasteiger partial charge is 0.211 e. The molecule has 3 nitrogen and oxygen atoms in total. The van der Waals surface area contributed by atoms with Gasteiger partial charge < -0.3 is 0 Å². The Bertz CT molecular complexity index is 647. The van der Waals surface area contributed by atoms with Crippen LogP contribution in [-0.4, -0.2) is 16.6 Å². The van der Waals surface area contributed by atoms with Crippen molar-refractivity contribution >= 4 is 11.6 Å². The quantitative estimate of drug-likeness (QED) is 0.770. The van der Waals surface area contributed by atoms with Crippen LogP contribution in [0, 0.1) is 0 Å². The van der Waals surface area contributed by atoms with E-state index in [9.17, 15) is 9.59 Å². The predicted molar refractivity (Wildman–Crippen MR) is 71.1 cm³/mol. The summed E-state index contributed by atoms with van der Waals surface area (Å²) in [7, 11) is 0. The Morgan fingerprint density at radius 1 is 1.05 bits per heavy atom. The lowest BCUT2D eigenvalue weighted by molar-refractivity contribution is -0.118. The first-order valence-corrected chi connectivity index (χ1v) is 6.34. The van der Waals surface area contributed by atoms with Crippen molar-refractivity contribution in [2.24, 2.45) is 0 Å². The van der Waals surface area contributed by atoms with Gasteiger partial charge in [0.25, 0.3) is 0 Å². The van der Waals surface area contributed by atoms with Crippen LogP contribution in [0.25, 0.3) is 0 Å². The molecule has 0 fully saturated rings. The Morgan fingerprint density at radius 3 is 2.74 bits per heavy atom. The number of nitrogens with zero attached hydrogens (tertiary/aromatic N) is 1. The number of aryl methyl sites for hydroxylation is 1. The lowest BCUT2D eigenvalue weighted by Crippen LogP contribution is -2.18. The molecule has 1 aromatic heterocycles. The Labute approximate surface area is 111 Å². The number of pyridine rings is 1. The molecule has 19 heavy (non-hydrogen) atoms. The molecule has 1 heterocycles. The van der Waals surface area contributed by atoms with Crippen molar-refractivity contribution in [3.05, 3.63) is 65.0 Å². The zero-order valence-electron chi connectivity index (χ0n) is 10.4. The molecule has 3 heteroatoms. The molecule has 0 aliphatic heterocycles. The van der Waals surface area contributed by atoms with Gasteiger partial charge in [0.1, 0.15) is 11.5 Å². The second-order valence-electron chi connectivity index (χ2n) is 4.70. The van der Waals surface area contributed by atoms with Crippen molar-refractivity contribution in [3.8, 4) is 0 Å². The third-order valence-electron chi connectivity index (χ3n) is 3.46. The van der Waals surface area contributed by atoms with Crippen molar-refractivity contribution in [3.63, 3.8) is 0 Å². The number of carbonyl (C=O) groups excluding carboxylic acids is 2. The van der Waals surface area contributed by atoms with Crippen LogP contribution in [0.3, 0.4) is 0 Å². The van der Waals surface area contributed by atoms with Crippen LogP contribution in [-0.2, 0) is 17.6 Å². The van der Waals surface area contributed by atoms with E-state index in [1.54, 1.807) is 30.5 Å². The molecule has 0 unspecified atom stereocenters. The van der Waals surface area contributed by atoms with Gasteiger partial charge in [-0.3, -0.25) is 14.6 Å². The molecule has 0 radical (unpaired) electrons. The second kappa shape index (κ2) is 4.76. The average Bonchev–Trinajstić information content (AvgIpc) is 2.47. The molecule has 0 saturated heterocycles. The normalized spacial score (nSPS) is 14.0. The van der Waals surface area contributed by atoms with E-state index in [2.05, 4.69) is 4.98 Å². The van der Waals surface area contributed by atoms with Crippen molar-refractivity contribution in [2.45, 2.75) is 19.3 Å². The van der Waals surface area contributed by atoms with E-state index in [0.29, 0.717) is 24.1 Å². The maximum absolute atomic E-state index is 12.5. The van der Waals surface area contributed by atoms with E-state index in [-0.39, 0.29) is 11.6 Å². The Balaban J connectivity index is 2.07. The number of fused-ring (bicyclic) bond motifs is 1. The number of hydrogen-bond acceptors (Lipinski definition) is 3. The van der Waals surface area contributed by atoms with E-state index >= 15 is 0 Å². The zero-order valence-corrected chi connectivity index (χ0v) is 10.4. The summed E-state index contributed by atoms with van der Waals surface area (Å²) in [6, 6.07) is 10.9. The molecule has 1 aliphatic rings. The first-order valence-electron chi connectivity index (χ1n) is 6.34. The summed E-state index contributed by atoms with van der Waals surface area (Å²) in [5.74, 6) is 0.0981. The molecular formula is C16H13NO2. The SMILES string of the molecule is O=C1CCc2cccc(C(=O)c3ccccn3)c2C1. The summed E-state index contributed by atoms with van der Waals surface area (Å²) in [5, 5.41) is 0. The highest BCUT2D eigenvalue weighted by Gasteiger charge is 2.22. The number of hydrogen-bond donors (Lipinski definition) is 0. The minimum absolute atomic E-state index is 0.104. The van der Waals surface area contributed by atoms with Crippen LogP contribution in [0.15, 0.2) is 42.6 Å². The molecule has 0 amide bonds. The van der Waals surface area contributed by atoms with Crippen molar-refractivity contribution in [1.29, 1.82) is 0 Å². The molecule has 94 valence electrons. The number of Topliss-reactive ketones (excluding diaryl/α,β-unsaturated/α-hetero) is 1. The van der Waals surface area contributed by atoms with Crippen molar-refractivity contribution in [1.82, 2.24) is 4.98 Å². The standard InChI is InChI=1S/C16H13NO2/c18-12-8-7-11-4-3-5-13(14(11)10-12)16(19)15-6-1-2-9-17-15/h1-6,9H,7-8,10H2. The van der Waals surface area contributed by atoms with Gasteiger partial charge in [0.05, 0.1) is 0 Å². The largest absolute Gasteiger partial charge is 0.299 e. The highest BCUT2D eigenvalue weighted by Crippen LogP contribution is 2.24. The number of aromatic nitrogens is 1. The summed E-state index contributed by atoms with van der Waals surface area (Å²) < 4.78 is 0. The van der Waals surface area contributed by atoms with Crippen molar-refractivity contribution in [2.75, 3.05) is 0 Å². The fourth-order valence-electron chi connectivity index (χ4n) is 2.49. The maximum atomic E-state index is 12.5. The van der Waals surface area contributed by atoms with E-state index in [4.69, 9.17) is 0 Å². The Morgan fingerprint density at radius 2 is 1.95 bits per heavy atom. The zero-order chi connectivity index (χ0) is 13.2. The monoisotopic (exact) mass is 251 g/mol. The van der Waals surface area contributed by atoms with Gasteiger partial charge in [0.15, 0.2) is 0 Å². The fraction of sp³-hybridized carbons (Fsp3) is 0.188. The van der Waals surface area contributed by atoms with Crippen LogP contribution >= 0.6 is 0 Å². The topological polar surface area (TPSA) is 47.0 Å². The molecule has 0 atom stereocenters. The highest BCUT2D eigenvalue weighted by molar-refractivity contribution is 6.09. The molecule has 2 aromatic rings. The number of ketones is 2. The van der Waals surface area contributed by atoms with Gasteiger partial charge in [-0.2, -0.15) is 0 Å². The maximum Gasteiger partial charge on any atom is 0.211 e. The van der Waals surface area contributed by atoms with Crippen LogP contribution < -0.4 is 0 Å². The van der Waals surface area contributed by atoms with Crippen LogP contribution in [0.4, 0.5) is 0 Å². The average molecular weight is 251 g/mol. The van der Waals surface area contributed by atoms with E-state index in [1.165, 1.54) is 0 Å². The van der Waals surface area contributed by atoms with Crippen LogP contribution in [0.5, 0.6) is 0 Å². The third kappa shape index (κ3) is 2.19. The van der Waals surface area contributed by atoms with E-state index in [1.807, 2.05) is 12.1 Å². The number of benzene rings is 1. The summed E-state index contributed by atoms with van der Waals surface area (Å²) in [4.78, 5) is 28.1. The minimum Gasteiger partial charge on any atom is -0.299 e. The molecule has 0 spiro atoms. The first-order chi connectivity index (χ1) is 9.25.